The van der Waals surface area contributed by atoms with Gasteiger partial charge in [0.2, 0.25) is 0 Å². The van der Waals surface area contributed by atoms with E-state index in [0.29, 0.717) is 12.6 Å². The summed E-state index contributed by atoms with van der Waals surface area (Å²) in [5, 5.41) is 18.4. The van der Waals surface area contributed by atoms with Crippen LogP contribution in [0.15, 0.2) is 24.3 Å². The van der Waals surface area contributed by atoms with Crippen LogP contribution >= 0.6 is 0 Å². The van der Waals surface area contributed by atoms with Crippen LogP contribution in [0.1, 0.15) is 44.1 Å². The molecule has 1 aliphatic carbocycles. The normalized spacial score (nSPS) is 22.8. The Bertz CT molecular complexity index is 531. The Kier molecular flexibility index (Phi) is 8.39. The lowest BCUT2D eigenvalue weighted by molar-refractivity contribution is 0.0400. The number of aliphatic hydroxyl groups is 2. The van der Waals surface area contributed by atoms with E-state index in [1.54, 1.807) is 0 Å². The highest BCUT2D eigenvalue weighted by Crippen LogP contribution is 2.26. The summed E-state index contributed by atoms with van der Waals surface area (Å²) >= 11 is 0. The van der Waals surface area contributed by atoms with Crippen LogP contribution < -0.4 is 4.74 Å². The standard InChI is InChI=1S/C22H36N2O3/c25-13-10-21-18-23(11-12-24(21)17-19-4-2-1-3-5-19)16-20-6-8-22(9-7-20)27-15-14-26/h6-9,19,21,25-26H,1-5,10-18H2/t21-/m0/s1. The Morgan fingerprint density at radius 2 is 1.74 bits per heavy atom. The summed E-state index contributed by atoms with van der Waals surface area (Å²) in [6.45, 7) is 6.06. The van der Waals surface area contributed by atoms with Crippen LogP contribution in [0.3, 0.4) is 0 Å². The highest BCUT2D eigenvalue weighted by molar-refractivity contribution is 5.27. The average Bonchev–Trinajstić information content (AvgIpc) is 2.70. The third-order valence-electron chi connectivity index (χ3n) is 6.06. The molecule has 2 fully saturated rings. The molecule has 2 N–H and O–H groups in total. The van der Waals surface area contributed by atoms with E-state index in [4.69, 9.17) is 9.84 Å². The first-order valence-electron chi connectivity index (χ1n) is 10.7. The number of benzene rings is 1. The van der Waals surface area contributed by atoms with Crippen LogP contribution in [0, 0.1) is 5.92 Å². The van der Waals surface area contributed by atoms with Crippen molar-refractivity contribution in [3.05, 3.63) is 29.8 Å². The second-order valence-electron chi connectivity index (χ2n) is 8.12. The largest absolute Gasteiger partial charge is 0.491 e. The Labute approximate surface area is 163 Å². The van der Waals surface area contributed by atoms with Crippen LogP contribution in [-0.2, 0) is 6.54 Å². The van der Waals surface area contributed by atoms with Crippen LogP contribution in [0.25, 0.3) is 0 Å². The van der Waals surface area contributed by atoms with Crippen molar-refractivity contribution in [3.63, 3.8) is 0 Å². The van der Waals surface area contributed by atoms with Gasteiger partial charge in [0.15, 0.2) is 0 Å². The molecule has 1 saturated heterocycles. The van der Waals surface area contributed by atoms with E-state index in [1.807, 2.05) is 12.1 Å². The molecule has 1 atom stereocenters. The fraction of sp³-hybridized carbons (Fsp3) is 0.727. The smallest absolute Gasteiger partial charge is 0.119 e. The van der Waals surface area contributed by atoms with Crippen molar-refractivity contribution < 1.29 is 14.9 Å². The van der Waals surface area contributed by atoms with Gasteiger partial charge in [-0.05, 0) is 42.9 Å². The van der Waals surface area contributed by atoms with Crippen LogP contribution in [-0.4, -0.2) is 72.1 Å². The lowest BCUT2D eigenvalue weighted by Crippen LogP contribution is -2.54. The monoisotopic (exact) mass is 376 g/mol. The van der Waals surface area contributed by atoms with Gasteiger partial charge in [0.1, 0.15) is 12.4 Å². The summed E-state index contributed by atoms with van der Waals surface area (Å²) in [5.41, 5.74) is 1.29. The van der Waals surface area contributed by atoms with Crippen molar-refractivity contribution in [2.24, 2.45) is 5.92 Å². The minimum absolute atomic E-state index is 0.0408. The number of rotatable bonds is 9. The molecule has 0 aromatic heterocycles. The fourth-order valence-electron chi connectivity index (χ4n) is 4.58. The Hall–Kier alpha value is -1.14. The Morgan fingerprint density at radius 1 is 0.963 bits per heavy atom. The lowest BCUT2D eigenvalue weighted by Gasteiger charge is -2.43. The molecule has 0 bridgehead atoms. The summed E-state index contributed by atoms with van der Waals surface area (Å²) in [4.78, 5) is 5.16. The van der Waals surface area contributed by atoms with E-state index < -0.39 is 0 Å². The summed E-state index contributed by atoms with van der Waals surface area (Å²) in [6, 6.07) is 8.66. The predicted molar refractivity (Wildman–Crippen MR) is 108 cm³/mol. The highest BCUT2D eigenvalue weighted by atomic mass is 16.5. The SMILES string of the molecule is OCCOc1ccc(CN2CCN(CC3CCCCC3)[C@@H](CCO)C2)cc1. The maximum absolute atomic E-state index is 9.54. The molecule has 0 radical (unpaired) electrons. The zero-order chi connectivity index (χ0) is 18.9. The molecule has 5 heteroatoms. The summed E-state index contributed by atoms with van der Waals surface area (Å²) in [6.07, 6.45) is 7.85. The summed E-state index contributed by atoms with van der Waals surface area (Å²) in [5.74, 6) is 1.67. The van der Waals surface area contributed by atoms with Crippen LogP contribution in [0.2, 0.25) is 0 Å². The zero-order valence-corrected chi connectivity index (χ0v) is 16.6. The second-order valence-corrected chi connectivity index (χ2v) is 8.12. The van der Waals surface area contributed by atoms with Gasteiger partial charge in [-0.25, -0.2) is 0 Å². The van der Waals surface area contributed by atoms with Crippen LogP contribution in [0.5, 0.6) is 5.75 Å². The molecule has 0 spiro atoms. The molecule has 1 aromatic rings. The van der Waals surface area contributed by atoms with Crippen LogP contribution in [0.4, 0.5) is 0 Å². The third-order valence-corrected chi connectivity index (χ3v) is 6.06. The molecule has 3 rings (SSSR count). The lowest BCUT2D eigenvalue weighted by atomic mass is 9.88. The Balaban J connectivity index is 1.51. The van der Waals surface area contributed by atoms with Gasteiger partial charge in [0.25, 0.3) is 0 Å². The first-order chi connectivity index (χ1) is 13.3. The number of nitrogens with zero attached hydrogens (tertiary/aromatic N) is 2. The van der Waals surface area contributed by atoms with Gasteiger partial charge in [0.05, 0.1) is 6.61 Å². The zero-order valence-electron chi connectivity index (χ0n) is 16.6. The van der Waals surface area contributed by atoms with Crippen molar-refractivity contribution in [1.29, 1.82) is 0 Å². The van der Waals surface area contributed by atoms with Gasteiger partial charge >= 0.3 is 0 Å². The molecule has 152 valence electrons. The molecule has 27 heavy (non-hydrogen) atoms. The Morgan fingerprint density at radius 3 is 2.44 bits per heavy atom. The topological polar surface area (TPSA) is 56.2 Å². The third kappa shape index (κ3) is 6.46. The first-order valence-corrected chi connectivity index (χ1v) is 10.7. The molecule has 0 unspecified atom stereocenters. The molecule has 2 aliphatic rings. The van der Waals surface area contributed by atoms with E-state index in [9.17, 15) is 5.11 Å². The van der Waals surface area contributed by atoms with E-state index in [2.05, 4.69) is 21.9 Å². The van der Waals surface area contributed by atoms with E-state index in [1.165, 1.54) is 44.2 Å². The molecule has 1 saturated carbocycles. The minimum Gasteiger partial charge on any atom is -0.491 e. The maximum atomic E-state index is 9.54. The maximum Gasteiger partial charge on any atom is 0.119 e. The van der Waals surface area contributed by atoms with Gasteiger partial charge in [0, 0.05) is 45.4 Å². The predicted octanol–water partition coefficient (Wildman–Crippen LogP) is 2.51. The van der Waals surface area contributed by atoms with Crippen molar-refractivity contribution in [1.82, 2.24) is 9.80 Å². The number of hydrogen-bond acceptors (Lipinski definition) is 5. The number of piperazine rings is 1. The first kappa shape index (κ1) is 20.6. The van der Waals surface area contributed by atoms with Gasteiger partial charge in [-0.2, -0.15) is 0 Å². The van der Waals surface area contributed by atoms with Gasteiger partial charge in [-0.3, -0.25) is 9.80 Å². The molecule has 1 aliphatic heterocycles. The van der Waals surface area contributed by atoms with Gasteiger partial charge in [-0.1, -0.05) is 31.4 Å². The number of ether oxygens (including phenoxy) is 1. The van der Waals surface area contributed by atoms with Crippen molar-refractivity contribution in [2.45, 2.75) is 51.1 Å². The molecular weight excluding hydrogens is 340 g/mol. The minimum atomic E-state index is 0.0408. The van der Waals surface area contributed by atoms with E-state index >= 15 is 0 Å². The fourth-order valence-corrected chi connectivity index (χ4v) is 4.58. The number of aliphatic hydroxyl groups excluding tert-OH is 2. The molecule has 5 nitrogen and oxygen atoms in total. The van der Waals surface area contributed by atoms with Crippen molar-refractivity contribution in [3.8, 4) is 5.75 Å². The van der Waals surface area contributed by atoms with Crippen molar-refractivity contribution >= 4 is 0 Å². The second kappa shape index (κ2) is 11.0. The molecule has 0 amide bonds. The average molecular weight is 377 g/mol. The molecule has 1 aromatic carbocycles. The number of hydrogen-bond donors (Lipinski definition) is 2. The summed E-state index contributed by atoms with van der Waals surface area (Å²) < 4.78 is 5.44. The molecular formula is C22H36N2O3. The molecule has 1 heterocycles. The summed E-state index contributed by atoms with van der Waals surface area (Å²) in [7, 11) is 0. The highest BCUT2D eigenvalue weighted by Gasteiger charge is 2.28. The van der Waals surface area contributed by atoms with Gasteiger partial charge in [-0.15, -0.1) is 0 Å². The quantitative estimate of drug-likeness (QED) is 0.694. The van der Waals surface area contributed by atoms with E-state index in [-0.39, 0.29) is 13.2 Å². The van der Waals surface area contributed by atoms with E-state index in [0.717, 1.165) is 44.3 Å². The van der Waals surface area contributed by atoms with Gasteiger partial charge < -0.3 is 14.9 Å². The van der Waals surface area contributed by atoms with Crippen molar-refractivity contribution in [2.75, 3.05) is 46.0 Å².